The van der Waals surface area contributed by atoms with Crippen LogP contribution in [-0.2, 0) is 13.2 Å². The number of aryl methyl sites for hydroxylation is 1. The van der Waals surface area contributed by atoms with Gasteiger partial charge in [-0.1, -0.05) is 0 Å². The lowest BCUT2D eigenvalue weighted by Gasteiger charge is -2.29. The number of pyridine rings is 2. The molecule has 4 aromatic rings. The molecule has 0 aliphatic heterocycles. The van der Waals surface area contributed by atoms with Crippen molar-refractivity contribution in [3.63, 3.8) is 0 Å². The van der Waals surface area contributed by atoms with Gasteiger partial charge in [0.1, 0.15) is 17.6 Å². The van der Waals surface area contributed by atoms with Crippen molar-refractivity contribution < 1.29 is 17.9 Å². The Hall–Kier alpha value is -3.63. The zero-order valence-electron chi connectivity index (χ0n) is 18.8. The van der Waals surface area contributed by atoms with Crippen molar-refractivity contribution in [1.82, 2.24) is 29.5 Å². The lowest BCUT2D eigenvalue weighted by atomic mass is 9.93. The number of fused-ring (bicyclic) bond motifs is 1. The molecule has 1 aliphatic rings. The van der Waals surface area contributed by atoms with Crippen molar-refractivity contribution in [3.05, 3.63) is 48.5 Å². The molecule has 0 atom stereocenters. The maximum Gasteiger partial charge on any atom is 0.416 e. The standard InChI is InChI=1S/C23H24F3N7O/c1-27-20-10-19-18(12-29-20)22(14-11-30-32(2)13-14)31-33(19)16-3-5-17(6-4-16)34-21-9-15(7-8-28-21)23(24,25)26/h7-13,16-17H,3-6H2,1-2H3,(H,27,29). The van der Waals surface area contributed by atoms with Crippen LogP contribution in [0.3, 0.4) is 0 Å². The van der Waals surface area contributed by atoms with Crippen molar-refractivity contribution in [2.75, 3.05) is 12.4 Å². The van der Waals surface area contributed by atoms with Gasteiger partial charge in [-0.3, -0.25) is 9.36 Å². The fraction of sp³-hybridized carbons (Fsp3) is 0.391. The minimum Gasteiger partial charge on any atom is -0.474 e. The highest BCUT2D eigenvalue weighted by atomic mass is 19.4. The first-order valence-corrected chi connectivity index (χ1v) is 11.1. The topological polar surface area (TPSA) is 82.7 Å². The van der Waals surface area contributed by atoms with Gasteiger partial charge >= 0.3 is 6.18 Å². The monoisotopic (exact) mass is 471 g/mol. The third-order valence-corrected chi connectivity index (χ3v) is 6.17. The number of halogens is 3. The summed E-state index contributed by atoms with van der Waals surface area (Å²) in [5.41, 5.74) is 1.95. The first kappa shape index (κ1) is 22.2. The lowest BCUT2D eigenvalue weighted by molar-refractivity contribution is -0.137. The van der Waals surface area contributed by atoms with E-state index in [1.807, 2.05) is 37.2 Å². The molecule has 178 valence electrons. The van der Waals surface area contributed by atoms with E-state index in [1.54, 1.807) is 10.9 Å². The summed E-state index contributed by atoms with van der Waals surface area (Å²) in [5, 5.41) is 13.2. The molecular formula is C23H24F3N7O. The van der Waals surface area contributed by atoms with Crippen LogP contribution in [0, 0.1) is 0 Å². The molecular weight excluding hydrogens is 447 g/mol. The van der Waals surface area contributed by atoms with Crippen LogP contribution in [0.15, 0.2) is 43.0 Å². The van der Waals surface area contributed by atoms with Gasteiger partial charge in [0.25, 0.3) is 0 Å². The second-order valence-electron chi connectivity index (χ2n) is 8.46. The Balaban J connectivity index is 1.37. The maximum atomic E-state index is 13.0. The minimum atomic E-state index is -4.42. The van der Waals surface area contributed by atoms with Crippen LogP contribution in [0.4, 0.5) is 19.0 Å². The fourth-order valence-corrected chi connectivity index (χ4v) is 4.43. The third-order valence-electron chi connectivity index (χ3n) is 6.17. The summed E-state index contributed by atoms with van der Waals surface area (Å²) in [5.74, 6) is 0.755. The lowest BCUT2D eigenvalue weighted by Crippen LogP contribution is -2.26. The zero-order valence-corrected chi connectivity index (χ0v) is 18.8. The summed E-state index contributed by atoms with van der Waals surface area (Å²) in [6.45, 7) is 0. The molecule has 0 radical (unpaired) electrons. The van der Waals surface area contributed by atoms with E-state index < -0.39 is 11.7 Å². The fourth-order valence-electron chi connectivity index (χ4n) is 4.43. The number of nitrogens with zero attached hydrogens (tertiary/aromatic N) is 6. The van der Waals surface area contributed by atoms with Crippen molar-refractivity contribution in [1.29, 1.82) is 0 Å². The van der Waals surface area contributed by atoms with Gasteiger partial charge in [0, 0.05) is 55.8 Å². The Morgan fingerprint density at radius 2 is 1.88 bits per heavy atom. The van der Waals surface area contributed by atoms with Crippen LogP contribution in [0.25, 0.3) is 22.2 Å². The molecule has 11 heteroatoms. The SMILES string of the molecule is CNc1cc2c(cn1)c(-c1cnn(C)c1)nn2C1CCC(Oc2cc(C(F)(F)F)ccn2)CC1. The molecule has 0 saturated heterocycles. The molecule has 0 bridgehead atoms. The zero-order chi connectivity index (χ0) is 23.9. The number of aromatic nitrogens is 6. The number of ether oxygens (including phenoxy) is 1. The Labute approximate surface area is 193 Å². The van der Waals surface area contributed by atoms with E-state index in [2.05, 4.69) is 20.4 Å². The van der Waals surface area contributed by atoms with Gasteiger partial charge in [-0.15, -0.1) is 0 Å². The highest BCUT2D eigenvalue weighted by Crippen LogP contribution is 2.37. The molecule has 1 N–H and O–H groups in total. The maximum absolute atomic E-state index is 13.0. The summed E-state index contributed by atoms with van der Waals surface area (Å²) >= 11 is 0. The number of hydrogen-bond acceptors (Lipinski definition) is 6. The summed E-state index contributed by atoms with van der Waals surface area (Å²) in [6, 6.07) is 4.02. The van der Waals surface area contributed by atoms with Crippen LogP contribution in [0.1, 0.15) is 37.3 Å². The van der Waals surface area contributed by atoms with Crippen molar-refractivity contribution >= 4 is 16.7 Å². The van der Waals surface area contributed by atoms with Crippen LogP contribution in [0.5, 0.6) is 5.88 Å². The molecule has 5 rings (SSSR count). The van der Waals surface area contributed by atoms with Crippen LogP contribution in [0.2, 0.25) is 0 Å². The van der Waals surface area contributed by atoms with Gasteiger partial charge in [0.15, 0.2) is 0 Å². The summed E-state index contributed by atoms with van der Waals surface area (Å²) in [6.07, 6.45) is 4.98. The highest BCUT2D eigenvalue weighted by Gasteiger charge is 2.32. The molecule has 1 fully saturated rings. The predicted octanol–water partition coefficient (Wildman–Crippen LogP) is 4.85. The van der Waals surface area contributed by atoms with E-state index in [-0.39, 0.29) is 18.0 Å². The van der Waals surface area contributed by atoms with Crippen LogP contribution in [-0.4, -0.2) is 42.7 Å². The Morgan fingerprint density at radius 3 is 2.56 bits per heavy atom. The van der Waals surface area contributed by atoms with Gasteiger partial charge in [-0.2, -0.15) is 23.4 Å². The minimum absolute atomic E-state index is 0.00594. The van der Waals surface area contributed by atoms with E-state index in [9.17, 15) is 13.2 Å². The third kappa shape index (κ3) is 4.29. The Morgan fingerprint density at radius 1 is 1.09 bits per heavy atom. The van der Waals surface area contributed by atoms with Crippen LogP contribution >= 0.6 is 0 Å². The number of anilines is 1. The summed E-state index contributed by atoms with van der Waals surface area (Å²) in [7, 11) is 3.68. The smallest absolute Gasteiger partial charge is 0.416 e. The van der Waals surface area contributed by atoms with Gasteiger partial charge < -0.3 is 10.1 Å². The highest BCUT2D eigenvalue weighted by molar-refractivity contribution is 5.93. The summed E-state index contributed by atoms with van der Waals surface area (Å²) < 4.78 is 48.5. The number of rotatable bonds is 5. The van der Waals surface area contributed by atoms with Crippen LogP contribution < -0.4 is 10.1 Å². The molecule has 0 spiro atoms. The van der Waals surface area contributed by atoms with Gasteiger partial charge in [0.05, 0.1) is 23.3 Å². The quantitative estimate of drug-likeness (QED) is 0.448. The molecule has 34 heavy (non-hydrogen) atoms. The summed E-state index contributed by atoms with van der Waals surface area (Å²) in [4.78, 5) is 8.42. The van der Waals surface area contributed by atoms with Gasteiger partial charge in [-0.05, 0) is 31.7 Å². The normalized spacial score (nSPS) is 18.9. The molecule has 4 heterocycles. The second-order valence-corrected chi connectivity index (χ2v) is 8.46. The largest absolute Gasteiger partial charge is 0.474 e. The molecule has 1 saturated carbocycles. The second kappa shape index (κ2) is 8.62. The van der Waals surface area contributed by atoms with Gasteiger partial charge in [0.2, 0.25) is 5.88 Å². The van der Waals surface area contributed by atoms with E-state index in [0.29, 0.717) is 12.8 Å². The first-order chi connectivity index (χ1) is 16.3. The molecule has 0 unspecified atom stereocenters. The molecule has 4 aromatic heterocycles. The average Bonchev–Trinajstić information content (AvgIpc) is 3.42. The van der Waals surface area contributed by atoms with E-state index in [1.165, 1.54) is 0 Å². The van der Waals surface area contributed by atoms with E-state index in [4.69, 9.17) is 9.84 Å². The number of nitrogens with one attached hydrogen (secondary N) is 1. The molecule has 1 aliphatic carbocycles. The van der Waals surface area contributed by atoms with Crippen molar-refractivity contribution in [2.24, 2.45) is 7.05 Å². The first-order valence-electron chi connectivity index (χ1n) is 11.1. The van der Waals surface area contributed by atoms with Crippen molar-refractivity contribution in [3.8, 4) is 17.1 Å². The van der Waals surface area contributed by atoms with E-state index in [0.717, 1.165) is 59.1 Å². The molecule has 0 amide bonds. The predicted molar refractivity (Wildman–Crippen MR) is 120 cm³/mol. The Bertz CT molecular complexity index is 1310. The molecule has 8 nitrogen and oxygen atoms in total. The van der Waals surface area contributed by atoms with Gasteiger partial charge in [-0.25, -0.2) is 9.97 Å². The van der Waals surface area contributed by atoms with E-state index >= 15 is 0 Å². The molecule has 0 aromatic carbocycles. The van der Waals surface area contributed by atoms with Crippen molar-refractivity contribution in [2.45, 2.75) is 44.0 Å². The number of hydrogen-bond donors (Lipinski definition) is 1. The Kier molecular flexibility index (Phi) is 5.62. The number of alkyl halides is 3. The average molecular weight is 471 g/mol.